The molecule has 0 atom stereocenters. The van der Waals surface area contributed by atoms with E-state index in [1.807, 2.05) is 4.90 Å². The van der Waals surface area contributed by atoms with E-state index < -0.39 is 5.82 Å². The summed E-state index contributed by atoms with van der Waals surface area (Å²) >= 11 is 0. The Morgan fingerprint density at radius 1 is 0.933 bits per heavy atom. The SMILES string of the molecule is Cl.Cl.O=C(NCCN1CCN(CCC(=O)N2CCNCC2)CC1)c1ccccc1F. The van der Waals surface area contributed by atoms with E-state index in [4.69, 9.17) is 0 Å². The highest BCUT2D eigenvalue weighted by molar-refractivity contribution is 5.94. The molecule has 0 aliphatic carbocycles. The van der Waals surface area contributed by atoms with Gasteiger partial charge in [-0.2, -0.15) is 0 Å². The Morgan fingerprint density at radius 3 is 2.17 bits per heavy atom. The highest BCUT2D eigenvalue weighted by atomic mass is 35.5. The maximum Gasteiger partial charge on any atom is 0.254 e. The second-order valence-electron chi connectivity index (χ2n) is 7.30. The molecule has 0 radical (unpaired) electrons. The van der Waals surface area contributed by atoms with Crippen LogP contribution in [0.1, 0.15) is 16.8 Å². The van der Waals surface area contributed by atoms with E-state index in [2.05, 4.69) is 20.4 Å². The number of rotatable bonds is 7. The highest BCUT2D eigenvalue weighted by Crippen LogP contribution is 2.07. The summed E-state index contributed by atoms with van der Waals surface area (Å²) in [6.45, 7) is 9.12. The van der Waals surface area contributed by atoms with E-state index in [-0.39, 0.29) is 42.2 Å². The van der Waals surface area contributed by atoms with Gasteiger partial charge in [0.15, 0.2) is 0 Å². The minimum atomic E-state index is -0.496. The third kappa shape index (κ3) is 8.00. The molecule has 30 heavy (non-hydrogen) atoms. The van der Waals surface area contributed by atoms with E-state index in [9.17, 15) is 14.0 Å². The van der Waals surface area contributed by atoms with Gasteiger partial charge >= 0.3 is 0 Å². The monoisotopic (exact) mass is 463 g/mol. The van der Waals surface area contributed by atoms with Crippen LogP contribution in [-0.4, -0.2) is 98.5 Å². The number of hydrogen-bond donors (Lipinski definition) is 2. The van der Waals surface area contributed by atoms with Crippen LogP contribution in [0.15, 0.2) is 24.3 Å². The average molecular weight is 464 g/mol. The van der Waals surface area contributed by atoms with Gasteiger partial charge in [-0.15, -0.1) is 24.8 Å². The van der Waals surface area contributed by atoms with Crippen molar-refractivity contribution in [1.82, 2.24) is 25.3 Å². The van der Waals surface area contributed by atoms with Crippen molar-refractivity contribution in [3.63, 3.8) is 0 Å². The zero-order valence-corrected chi connectivity index (χ0v) is 18.8. The topological polar surface area (TPSA) is 67.9 Å². The van der Waals surface area contributed by atoms with Gasteiger partial charge in [0, 0.05) is 78.4 Å². The lowest BCUT2D eigenvalue weighted by atomic mass is 10.2. The standard InChI is InChI=1S/C20H30FN5O2.2ClH/c21-18-4-2-1-3-17(18)20(28)23-8-10-25-15-13-24(14-16-25)9-5-19(27)26-11-6-22-7-12-26;;/h1-4,22H,5-16H2,(H,23,28);2*1H. The molecule has 2 aliphatic heterocycles. The molecule has 2 saturated heterocycles. The molecule has 0 spiro atoms. The van der Waals surface area contributed by atoms with E-state index in [0.29, 0.717) is 13.0 Å². The van der Waals surface area contributed by atoms with Crippen molar-refractivity contribution in [2.75, 3.05) is 72.0 Å². The number of carbonyl (C=O) groups is 2. The molecule has 2 heterocycles. The predicted octanol–water partition coefficient (Wildman–Crippen LogP) is 0.839. The lowest BCUT2D eigenvalue weighted by Crippen LogP contribution is -2.50. The number of benzene rings is 1. The van der Waals surface area contributed by atoms with Gasteiger partial charge in [0.05, 0.1) is 5.56 Å². The Kier molecular flexibility index (Phi) is 12.2. The molecule has 0 saturated carbocycles. The van der Waals surface area contributed by atoms with E-state index in [1.165, 1.54) is 12.1 Å². The Hall–Kier alpha value is -1.45. The van der Waals surface area contributed by atoms with Crippen LogP contribution < -0.4 is 10.6 Å². The summed E-state index contributed by atoms with van der Waals surface area (Å²) in [6.07, 6.45) is 0.582. The van der Waals surface area contributed by atoms with Crippen LogP contribution in [0, 0.1) is 5.82 Å². The van der Waals surface area contributed by atoms with Gasteiger partial charge in [-0.25, -0.2) is 4.39 Å². The summed E-state index contributed by atoms with van der Waals surface area (Å²) in [6, 6.07) is 6.01. The van der Waals surface area contributed by atoms with Crippen LogP contribution >= 0.6 is 24.8 Å². The fourth-order valence-corrected chi connectivity index (χ4v) is 3.63. The van der Waals surface area contributed by atoms with Crippen LogP contribution in [0.3, 0.4) is 0 Å². The van der Waals surface area contributed by atoms with Crippen molar-refractivity contribution in [3.05, 3.63) is 35.6 Å². The molecule has 7 nitrogen and oxygen atoms in total. The van der Waals surface area contributed by atoms with Crippen LogP contribution in [0.2, 0.25) is 0 Å². The molecular formula is C20H32Cl2FN5O2. The number of halogens is 3. The van der Waals surface area contributed by atoms with E-state index >= 15 is 0 Å². The van der Waals surface area contributed by atoms with Gasteiger partial charge < -0.3 is 20.4 Å². The van der Waals surface area contributed by atoms with Gasteiger partial charge in [0.1, 0.15) is 5.82 Å². The maximum atomic E-state index is 13.6. The summed E-state index contributed by atoms with van der Waals surface area (Å²) in [7, 11) is 0. The molecule has 1 aromatic carbocycles. The van der Waals surface area contributed by atoms with Gasteiger partial charge in [-0.3, -0.25) is 14.5 Å². The summed E-state index contributed by atoms with van der Waals surface area (Å²) in [5.41, 5.74) is 0.0847. The lowest BCUT2D eigenvalue weighted by Gasteiger charge is -2.35. The second-order valence-corrected chi connectivity index (χ2v) is 7.30. The van der Waals surface area contributed by atoms with Gasteiger partial charge in [-0.1, -0.05) is 12.1 Å². The molecule has 0 unspecified atom stereocenters. The normalized spacial score (nSPS) is 17.6. The van der Waals surface area contributed by atoms with Crippen LogP contribution in [0.4, 0.5) is 4.39 Å². The summed E-state index contributed by atoms with van der Waals surface area (Å²) in [4.78, 5) is 30.8. The number of nitrogens with one attached hydrogen (secondary N) is 2. The van der Waals surface area contributed by atoms with Crippen molar-refractivity contribution in [3.8, 4) is 0 Å². The van der Waals surface area contributed by atoms with Gasteiger partial charge in [0.25, 0.3) is 5.91 Å². The van der Waals surface area contributed by atoms with Gasteiger partial charge in [0.2, 0.25) is 5.91 Å². The molecule has 170 valence electrons. The van der Waals surface area contributed by atoms with Crippen molar-refractivity contribution in [2.24, 2.45) is 0 Å². The van der Waals surface area contributed by atoms with Gasteiger partial charge in [-0.05, 0) is 12.1 Å². The zero-order chi connectivity index (χ0) is 19.8. The highest BCUT2D eigenvalue weighted by Gasteiger charge is 2.20. The smallest absolute Gasteiger partial charge is 0.254 e. The van der Waals surface area contributed by atoms with Crippen LogP contribution in [0.25, 0.3) is 0 Å². The number of carbonyl (C=O) groups excluding carboxylic acids is 2. The third-order valence-corrected chi connectivity index (χ3v) is 5.41. The van der Waals surface area contributed by atoms with Crippen LogP contribution in [-0.2, 0) is 4.79 Å². The minimum Gasteiger partial charge on any atom is -0.351 e. The molecule has 2 aliphatic rings. The number of amides is 2. The lowest BCUT2D eigenvalue weighted by molar-refractivity contribution is -0.132. The van der Waals surface area contributed by atoms with Crippen molar-refractivity contribution in [1.29, 1.82) is 0 Å². The first-order valence-corrected chi connectivity index (χ1v) is 10.1. The molecular weight excluding hydrogens is 432 g/mol. The van der Waals surface area contributed by atoms with Crippen molar-refractivity contribution in [2.45, 2.75) is 6.42 Å². The molecule has 2 amide bonds. The van der Waals surface area contributed by atoms with Crippen molar-refractivity contribution >= 4 is 36.6 Å². The summed E-state index contributed by atoms with van der Waals surface area (Å²) in [5, 5.41) is 6.05. The van der Waals surface area contributed by atoms with E-state index in [1.54, 1.807) is 12.1 Å². The molecule has 0 bridgehead atoms. The number of nitrogens with zero attached hydrogens (tertiary/aromatic N) is 3. The molecule has 1 aromatic rings. The average Bonchev–Trinajstić information content (AvgIpc) is 2.74. The molecule has 2 fully saturated rings. The molecule has 0 aromatic heterocycles. The van der Waals surface area contributed by atoms with Crippen molar-refractivity contribution < 1.29 is 14.0 Å². The Labute approximate surface area is 190 Å². The predicted molar refractivity (Wildman–Crippen MR) is 120 cm³/mol. The van der Waals surface area contributed by atoms with E-state index in [0.717, 1.165) is 65.4 Å². The Bertz CT molecular complexity index is 668. The third-order valence-electron chi connectivity index (χ3n) is 5.41. The summed E-state index contributed by atoms with van der Waals surface area (Å²) in [5.74, 6) is -0.619. The molecule has 2 N–H and O–H groups in total. The Morgan fingerprint density at radius 2 is 1.53 bits per heavy atom. The first kappa shape index (κ1) is 26.6. The fourth-order valence-electron chi connectivity index (χ4n) is 3.63. The zero-order valence-electron chi connectivity index (χ0n) is 17.1. The molecule has 3 rings (SSSR count). The first-order chi connectivity index (χ1) is 13.6. The largest absolute Gasteiger partial charge is 0.351 e. The maximum absolute atomic E-state index is 13.6. The number of piperazine rings is 2. The minimum absolute atomic E-state index is 0. The number of hydrogen-bond acceptors (Lipinski definition) is 5. The second kappa shape index (κ2) is 13.8. The first-order valence-electron chi connectivity index (χ1n) is 10.1. The fraction of sp³-hybridized carbons (Fsp3) is 0.600. The quantitative estimate of drug-likeness (QED) is 0.626. The Balaban J connectivity index is 0.00000225. The van der Waals surface area contributed by atoms with Crippen LogP contribution in [0.5, 0.6) is 0 Å². The molecule has 10 heteroatoms. The summed E-state index contributed by atoms with van der Waals surface area (Å²) < 4.78 is 13.6.